The highest BCUT2D eigenvalue weighted by atomic mass is 14.5. The SMILES string of the molecule is CCCCC1CC2CC(C)CC2C1C. The molecule has 5 unspecified atom stereocenters. The fraction of sp³-hybridized carbons (Fsp3) is 1.00. The Labute approximate surface area is 89.5 Å². The quantitative estimate of drug-likeness (QED) is 0.621. The van der Waals surface area contributed by atoms with Crippen molar-refractivity contribution in [3.05, 3.63) is 0 Å². The van der Waals surface area contributed by atoms with Crippen LogP contribution in [0.15, 0.2) is 0 Å². The predicted molar refractivity (Wildman–Crippen MR) is 62.2 cm³/mol. The molecule has 0 heteroatoms. The average molecular weight is 194 g/mol. The number of rotatable bonds is 3. The van der Waals surface area contributed by atoms with E-state index in [1.807, 2.05) is 0 Å². The van der Waals surface area contributed by atoms with E-state index in [1.165, 1.54) is 32.1 Å². The van der Waals surface area contributed by atoms with Gasteiger partial charge in [-0.1, -0.05) is 40.0 Å². The summed E-state index contributed by atoms with van der Waals surface area (Å²) in [5.74, 6) is 5.36. The lowest BCUT2D eigenvalue weighted by molar-refractivity contribution is 0.301. The molecule has 2 fully saturated rings. The molecule has 0 radical (unpaired) electrons. The van der Waals surface area contributed by atoms with E-state index in [2.05, 4.69) is 20.8 Å². The van der Waals surface area contributed by atoms with Crippen molar-refractivity contribution in [1.29, 1.82) is 0 Å². The highest BCUT2D eigenvalue weighted by Gasteiger charge is 2.44. The van der Waals surface area contributed by atoms with Gasteiger partial charge >= 0.3 is 0 Å². The first kappa shape index (κ1) is 10.5. The largest absolute Gasteiger partial charge is 0.0654 e. The molecule has 0 aromatic carbocycles. The minimum atomic E-state index is 1.03. The maximum Gasteiger partial charge on any atom is -0.0355 e. The van der Waals surface area contributed by atoms with Gasteiger partial charge in [-0.3, -0.25) is 0 Å². The summed E-state index contributed by atoms with van der Waals surface area (Å²) in [5.41, 5.74) is 0. The van der Waals surface area contributed by atoms with Crippen molar-refractivity contribution in [2.75, 3.05) is 0 Å². The summed E-state index contributed by atoms with van der Waals surface area (Å²) in [7, 11) is 0. The third-order valence-electron chi connectivity index (χ3n) is 4.94. The van der Waals surface area contributed by atoms with Gasteiger partial charge in [0.2, 0.25) is 0 Å². The predicted octanol–water partition coefficient (Wildman–Crippen LogP) is 4.49. The van der Waals surface area contributed by atoms with Crippen LogP contribution in [-0.2, 0) is 0 Å². The Morgan fingerprint density at radius 3 is 2.50 bits per heavy atom. The van der Waals surface area contributed by atoms with E-state index in [0.717, 1.165) is 29.6 Å². The van der Waals surface area contributed by atoms with Gasteiger partial charge in [-0.25, -0.2) is 0 Å². The van der Waals surface area contributed by atoms with Gasteiger partial charge in [0, 0.05) is 0 Å². The molecular formula is C14H26. The monoisotopic (exact) mass is 194 g/mol. The van der Waals surface area contributed by atoms with Crippen molar-refractivity contribution in [1.82, 2.24) is 0 Å². The second-order valence-corrected chi connectivity index (χ2v) is 6.00. The Morgan fingerprint density at radius 2 is 1.86 bits per heavy atom. The summed E-state index contributed by atoms with van der Waals surface area (Å²) in [6, 6.07) is 0. The van der Waals surface area contributed by atoms with Crippen molar-refractivity contribution in [2.45, 2.75) is 59.3 Å². The van der Waals surface area contributed by atoms with Crippen LogP contribution in [0.25, 0.3) is 0 Å². The molecule has 0 aliphatic heterocycles. The van der Waals surface area contributed by atoms with Crippen LogP contribution in [0.4, 0.5) is 0 Å². The molecule has 82 valence electrons. The van der Waals surface area contributed by atoms with Crippen LogP contribution in [0.5, 0.6) is 0 Å². The molecule has 0 bridgehead atoms. The highest BCUT2D eigenvalue weighted by molar-refractivity contribution is 4.94. The molecule has 0 nitrogen and oxygen atoms in total. The zero-order valence-corrected chi connectivity index (χ0v) is 10.1. The van der Waals surface area contributed by atoms with E-state index in [-0.39, 0.29) is 0 Å². The first-order valence-corrected chi connectivity index (χ1v) is 6.72. The number of hydrogen-bond donors (Lipinski definition) is 0. The lowest BCUT2D eigenvalue weighted by Crippen LogP contribution is -2.11. The highest BCUT2D eigenvalue weighted by Crippen LogP contribution is 2.53. The second kappa shape index (κ2) is 4.24. The fourth-order valence-electron chi connectivity index (χ4n) is 4.16. The fourth-order valence-corrected chi connectivity index (χ4v) is 4.16. The minimum Gasteiger partial charge on any atom is -0.0654 e. The summed E-state index contributed by atoms with van der Waals surface area (Å²) in [6.45, 7) is 7.30. The van der Waals surface area contributed by atoms with Crippen LogP contribution in [0.3, 0.4) is 0 Å². The summed E-state index contributed by atoms with van der Waals surface area (Å²) in [4.78, 5) is 0. The molecule has 0 spiro atoms. The second-order valence-electron chi connectivity index (χ2n) is 6.00. The van der Waals surface area contributed by atoms with Crippen molar-refractivity contribution in [3.8, 4) is 0 Å². The summed E-state index contributed by atoms with van der Waals surface area (Å²) in [6.07, 6.45) is 9.00. The Bertz CT molecular complexity index is 184. The maximum atomic E-state index is 2.53. The Hall–Kier alpha value is 0. The van der Waals surface area contributed by atoms with Crippen molar-refractivity contribution < 1.29 is 0 Å². The van der Waals surface area contributed by atoms with E-state index in [9.17, 15) is 0 Å². The zero-order chi connectivity index (χ0) is 10.1. The van der Waals surface area contributed by atoms with E-state index in [4.69, 9.17) is 0 Å². The first-order valence-electron chi connectivity index (χ1n) is 6.72. The normalized spacial score (nSPS) is 46.9. The molecule has 0 heterocycles. The van der Waals surface area contributed by atoms with E-state index in [1.54, 1.807) is 6.42 Å². The Balaban J connectivity index is 1.88. The Kier molecular flexibility index (Phi) is 3.19. The third kappa shape index (κ3) is 1.85. The molecule has 0 saturated heterocycles. The van der Waals surface area contributed by atoms with Gasteiger partial charge in [-0.05, 0) is 48.9 Å². The van der Waals surface area contributed by atoms with Crippen LogP contribution >= 0.6 is 0 Å². The third-order valence-corrected chi connectivity index (χ3v) is 4.94. The molecule has 2 aliphatic carbocycles. The van der Waals surface area contributed by atoms with Gasteiger partial charge in [-0.2, -0.15) is 0 Å². The smallest absolute Gasteiger partial charge is 0.0355 e. The van der Waals surface area contributed by atoms with Gasteiger partial charge in [0.1, 0.15) is 0 Å². The van der Waals surface area contributed by atoms with Gasteiger partial charge in [0.15, 0.2) is 0 Å². The standard InChI is InChI=1S/C14H26/c1-4-5-6-12-9-13-7-10(2)8-14(13)11(12)3/h10-14H,4-9H2,1-3H3. The molecule has 5 atom stereocenters. The van der Waals surface area contributed by atoms with Crippen molar-refractivity contribution >= 4 is 0 Å². The number of fused-ring (bicyclic) bond motifs is 1. The van der Waals surface area contributed by atoms with Gasteiger partial charge in [0.05, 0.1) is 0 Å². The van der Waals surface area contributed by atoms with Gasteiger partial charge in [0.25, 0.3) is 0 Å². The first-order chi connectivity index (χ1) is 6.72. The molecule has 0 N–H and O–H groups in total. The molecule has 2 rings (SSSR count). The molecular weight excluding hydrogens is 168 g/mol. The Morgan fingerprint density at radius 1 is 1.07 bits per heavy atom. The number of hydrogen-bond acceptors (Lipinski definition) is 0. The molecule has 0 amide bonds. The average Bonchev–Trinajstić information content (AvgIpc) is 2.63. The van der Waals surface area contributed by atoms with E-state index in [0.29, 0.717) is 0 Å². The molecule has 2 aliphatic rings. The van der Waals surface area contributed by atoms with E-state index >= 15 is 0 Å². The summed E-state index contributed by atoms with van der Waals surface area (Å²) in [5, 5.41) is 0. The number of unbranched alkanes of at least 4 members (excludes halogenated alkanes) is 1. The summed E-state index contributed by atoms with van der Waals surface area (Å²) < 4.78 is 0. The topological polar surface area (TPSA) is 0 Å². The van der Waals surface area contributed by atoms with E-state index < -0.39 is 0 Å². The van der Waals surface area contributed by atoms with Gasteiger partial charge in [-0.15, -0.1) is 0 Å². The zero-order valence-electron chi connectivity index (χ0n) is 10.1. The lowest BCUT2D eigenvalue weighted by Gasteiger charge is -2.20. The maximum absolute atomic E-state index is 2.53. The van der Waals surface area contributed by atoms with Crippen LogP contribution in [0.2, 0.25) is 0 Å². The van der Waals surface area contributed by atoms with Crippen LogP contribution < -0.4 is 0 Å². The minimum absolute atomic E-state index is 1.03. The molecule has 14 heavy (non-hydrogen) atoms. The van der Waals surface area contributed by atoms with Crippen LogP contribution in [0.1, 0.15) is 59.3 Å². The van der Waals surface area contributed by atoms with Crippen LogP contribution in [-0.4, -0.2) is 0 Å². The lowest BCUT2D eigenvalue weighted by atomic mass is 9.86. The van der Waals surface area contributed by atoms with Gasteiger partial charge < -0.3 is 0 Å². The molecule has 0 aromatic heterocycles. The van der Waals surface area contributed by atoms with Crippen LogP contribution in [0, 0.1) is 29.6 Å². The van der Waals surface area contributed by atoms with Crippen molar-refractivity contribution in [2.24, 2.45) is 29.6 Å². The van der Waals surface area contributed by atoms with Crippen molar-refractivity contribution in [3.63, 3.8) is 0 Å². The molecule has 0 aromatic rings. The molecule has 2 saturated carbocycles. The summed E-state index contributed by atoms with van der Waals surface area (Å²) >= 11 is 0.